The Bertz CT molecular complexity index is 716. The van der Waals surface area contributed by atoms with Gasteiger partial charge >= 0.3 is 0 Å². The Morgan fingerprint density at radius 2 is 1.93 bits per heavy atom. The first-order chi connectivity index (χ1) is 14.2. The van der Waals surface area contributed by atoms with Crippen LogP contribution in [0.3, 0.4) is 0 Å². The summed E-state index contributed by atoms with van der Waals surface area (Å²) in [5, 5.41) is 17.0. The van der Waals surface area contributed by atoms with Gasteiger partial charge in [0.2, 0.25) is 5.91 Å². The Balaban J connectivity index is 1.74. The number of likely N-dealkylation sites (tertiary alicyclic amines) is 1. The number of halogens is 1. The SMILES string of the molecule is CNCC(=O)N[C@@H]1C[C@@H](Oc2ccccc2F)[C@H](O)[C@H]1N1CCC(C(C)(C)C)CC1. The molecule has 3 N–H and O–H groups in total. The van der Waals surface area contributed by atoms with E-state index in [4.69, 9.17) is 4.74 Å². The molecule has 1 aliphatic carbocycles. The molecule has 2 aliphatic rings. The number of benzene rings is 1. The second-order valence-corrected chi connectivity index (χ2v) is 9.68. The minimum Gasteiger partial charge on any atom is -0.485 e. The standard InChI is InChI=1S/C23H36FN3O3/c1-23(2,3)15-9-11-27(12-10-15)21-17(26-20(28)14-25-4)13-19(22(21)29)30-18-8-6-5-7-16(18)24/h5-8,15,17,19,21-22,25,29H,9-14H2,1-4H3,(H,26,28)/t17-,19-,21+,22+/m1/s1. The molecule has 6 nitrogen and oxygen atoms in total. The zero-order valence-electron chi connectivity index (χ0n) is 18.5. The monoisotopic (exact) mass is 421 g/mol. The van der Waals surface area contributed by atoms with Gasteiger partial charge in [-0.05, 0) is 56.4 Å². The van der Waals surface area contributed by atoms with Crippen LogP contribution in [-0.4, -0.2) is 66.9 Å². The lowest BCUT2D eigenvalue weighted by molar-refractivity contribution is -0.121. The predicted octanol–water partition coefficient (Wildman–Crippen LogP) is 2.17. The number of aliphatic hydroxyl groups excluding tert-OH is 1. The molecule has 1 aliphatic heterocycles. The van der Waals surface area contributed by atoms with E-state index in [0.29, 0.717) is 12.3 Å². The second kappa shape index (κ2) is 9.62. The number of hydrogen-bond donors (Lipinski definition) is 3. The molecule has 30 heavy (non-hydrogen) atoms. The number of nitrogens with one attached hydrogen (secondary N) is 2. The van der Waals surface area contributed by atoms with Crippen LogP contribution >= 0.6 is 0 Å². The molecule has 1 heterocycles. The van der Waals surface area contributed by atoms with Crippen molar-refractivity contribution >= 4 is 5.91 Å². The first-order valence-electron chi connectivity index (χ1n) is 11.0. The maximum atomic E-state index is 14.1. The molecule has 1 saturated heterocycles. The molecule has 0 bridgehead atoms. The smallest absolute Gasteiger partial charge is 0.234 e. The number of piperidine rings is 1. The van der Waals surface area contributed by atoms with Crippen molar-refractivity contribution in [2.75, 3.05) is 26.7 Å². The minimum absolute atomic E-state index is 0.115. The first-order valence-corrected chi connectivity index (χ1v) is 11.0. The molecule has 0 radical (unpaired) electrons. The van der Waals surface area contributed by atoms with Crippen molar-refractivity contribution in [2.45, 2.75) is 64.3 Å². The quantitative estimate of drug-likeness (QED) is 0.657. The highest BCUT2D eigenvalue weighted by Crippen LogP contribution is 2.37. The third kappa shape index (κ3) is 5.31. The molecule has 168 valence electrons. The average Bonchev–Trinajstić information content (AvgIpc) is 2.98. The lowest BCUT2D eigenvalue weighted by Crippen LogP contribution is -2.56. The average molecular weight is 422 g/mol. The number of amides is 1. The van der Waals surface area contributed by atoms with Gasteiger partial charge in [-0.1, -0.05) is 32.9 Å². The van der Waals surface area contributed by atoms with Crippen LogP contribution in [0.25, 0.3) is 0 Å². The van der Waals surface area contributed by atoms with Gasteiger partial charge < -0.3 is 20.5 Å². The van der Waals surface area contributed by atoms with E-state index in [1.807, 2.05) is 0 Å². The van der Waals surface area contributed by atoms with Gasteiger partial charge in [0.1, 0.15) is 12.2 Å². The lowest BCUT2D eigenvalue weighted by Gasteiger charge is -2.43. The van der Waals surface area contributed by atoms with E-state index in [-0.39, 0.29) is 35.7 Å². The minimum atomic E-state index is -0.810. The normalized spacial score (nSPS) is 28.5. The fraction of sp³-hybridized carbons (Fsp3) is 0.696. The Hall–Kier alpha value is -1.70. The Labute approximate surface area is 179 Å². The molecule has 0 spiro atoms. The van der Waals surface area contributed by atoms with E-state index >= 15 is 0 Å². The van der Waals surface area contributed by atoms with E-state index in [9.17, 15) is 14.3 Å². The zero-order chi connectivity index (χ0) is 21.9. The van der Waals surface area contributed by atoms with Crippen molar-refractivity contribution in [1.29, 1.82) is 0 Å². The summed E-state index contributed by atoms with van der Waals surface area (Å²) in [6.07, 6.45) is 1.17. The van der Waals surface area contributed by atoms with Crippen LogP contribution in [0.1, 0.15) is 40.0 Å². The molecule has 4 atom stereocenters. The highest BCUT2D eigenvalue weighted by atomic mass is 19.1. The van der Waals surface area contributed by atoms with Crippen LogP contribution in [0.2, 0.25) is 0 Å². The molecule has 0 unspecified atom stereocenters. The van der Waals surface area contributed by atoms with Gasteiger partial charge in [0.15, 0.2) is 11.6 Å². The highest BCUT2D eigenvalue weighted by molar-refractivity contribution is 5.78. The molecule has 1 aromatic carbocycles. The third-order valence-electron chi connectivity index (χ3n) is 6.60. The van der Waals surface area contributed by atoms with Crippen LogP contribution in [0, 0.1) is 17.2 Å². The molecule has 1 amide bonds. The zero-order valence-corrected chi connectivity index (χ0v) is 18.5. The van der Waals surface area contributed by atoms with E-state index in [1.165, 1.54) is 6.07 Å². The molecule has 3 rings (SSSR count). The van der Waals surface area contributed by atoms with Crippen LogP contribution < -0.4 is 15.4 Å². The third-order valence-corrected chi connectivity index (χ3v) is 6.60. The fourth-order valence-corrected chi connectivity index (χ4v) is 4.91. The van der Waals surface area contributed by atoms with Crippen LogP contribution in [0.15, 0.2) is 24.3 Å². The highest BCUT2D eigenvalue weighted by Gasteiger charge is 2.48. The van der Waals surface area contributed by atoms with E-state index in [2.05, 4.69) is 36.3 Å². The van der Waals surface area contributed by atoms with Gasteiger partial charge in [0.25, 0.3) is 0 Å². The van der Waals surface area contributed by atoms with Crippen molar-refractivity contribution in [2.24, 2.45) is 11.3 Å². The number of rotatable bonds is 6. The van der Waals surface area contributed by atoms with Gasteiger partial charge in [-0.2, -0.15) is 0 Å². The van der Waals surface area contributed by atoms with Crippen molar-refractivity contribution in [3.05, 3.63) is 30.1 Å². The largest absolute Gasteiger partial charge is 0.485 e. The van der Waals surface area contributed by atoms with Crippen LogP contribution in [-0.2, 0) is 4.79 Å². The molecule has 2 fully saturated rings. The number of carbonyl (C=O) groups excluding carboxylic acids is 1. The Kier molecular flexibility index (Phi) is 7.37. The summed E-state index contributed by atoms with van der Waals surface area (Å²) >= 11 is 0. The number of carbonyl (C=O) groups is 1. The van der Waals surface area contributed by atoms with E-state index in [0.717, 1.165) is 25.9 Å². The molecule has 7 heteroatoms. The maximum absolute atomic E-state index is 14.1. The number of nitrogens with zero attached hydrogens (tertiary/aromatic N) is 1. The van der Waals surface area contributed by atoms with Gasteiger partial charge in [0, 0.05) is 6.42 Å². The van der Waals surface area contributed by atoms with E-state index < -0.39 is 18.0 Å². The topological polar surface area (TPSA) is 73.8 Å². The van der Waals surface area contributed by atoms with Crippen LogP contribution in [0.5, 0.6) is 5.75 Å². The summed E-state index contributed by atoms with van der Waals surface area (Å²) < 4.78 is 20.0. The van der Waals surface area contributed by atoms with E-state index in [1.54, 1.807) is 25.2 Å². The summed E-state index contributed by atoms with van der Waals surface area (Å²) in [6.45, 7) is 8.78. The van der Waals surface area contributed by atoms with Gasteiger partial charge in [-0.25, -0.2) is 4.39 Å². The molecule has 1 aromatic rings. The Morgan fingerprint density at radius 1 is 1.27 bits per heavy atom. The summed E-state index contributed by atoms with van der Waals surface area (Å²) in [4.78, 5) is 14.5. The number of hydrogen-bond acceptors (Lipinski definition) is 5. The summed E-state index contributed by atoms with van der Waals surface area (Å²) in [5.74, 6) is 0.203. The summed E-state index contributed by atoms with van der Waals surface area (Å²) in [7, 11) is 1.72. The van der Waals surface area contributed by atoms with Crippen molar-refractivity contribution in [3.63, 3.8) is 0 Å². The molecule has 0 aromatic heterocycles. The van der Waals surface area contributed by atoms with Crippen molar-refractivity contribution in [3.8, 4) is 5.75 Å². The molecule has 1 saturated carbocycles. The predicted molar refractivity (Wildman–Crippen MR) is 115 cm³/mol. The van der Waals surface area contributed by atoms with Gasteiger partial charge in [-0.15, -0.1) is 0 Å². The fourth-order valence-electron chi connectivity index (χ4n) is 4.91. The first kappa shape index (κ1) is 23.0. The van der Waals surface area contributed by atoms with Crippen molar-refractivity contribution < 1.29 is 19.0 Å². The van der Waals surface area contributed by atoms with Crippen molar-refractivity contribution in [1.82, 2.24) is 15.5 Å². The van der Waals surface area contributed by atoms with Gasteiger partial charge in [-0.3, -0.25) is 9.69 Å². The Morgan fingerprint density at radius 3 is 2.53 bits per heavy atom. The summed E-state index contributed by atoms with van der Waals surface area (Å²) in [6, 6.07) is 5.74. The maximum Gasteiger partial charge on any atom is 0.234 e. The number of aliphatic hydroxyl groups is 1. The number of ether oxygens (including phenoxy) is 1. The lowest BCUT2D eigenvalue weighted by atomic mass is 9.75. The number of para-hydroxylation sites is 1. The number of likely N-dealkylation sites (N-methyl/N-ethyl adjacent to an activating group) is 1. The van der Waals surface area contributed by atoms with Crippen LogP contribution in [0.4, 0.5) is 4.39 Å². The summed E-state index contributed by atoms with van der Waals surface area (Å²) in [5.41, 5.74) is 0.261. The molecular formula is C23H36FN3O3. The second-order valence-electron chi connectivity index (χ2n) is 9.68. The van der Waals surface area contributed by atoms with Gasteiger partial charge in [0.05, 0.1) is 18.6 Å². The molecular weight excluding hydrogens is 385 g/mol.